The topological polar surface area (TPSA) is 44.8 Å². The van der Waals surface area contributed by atoms with E-state index in [1.807, 2.05) is 41.5 Å². The largest absolute Gasteiger partial charge is 0.490 e. The van der Waals surface area contributed by atoms with Gasteiger partial charge in [-0.1, -0.05) is 6.08 Å². The molecular formula is C16H27BO4. The van der Waals surface area contributed by atoms with Crippen LogP contribution in [-0.2, 0) is 18.8 Å². The Morgan fingerprint density at radius 2 is 1.86 bits per heavy atom. The number of hydrogen-bond acceptors (Lipinski definition) is 4. The van der Waals surface area contributed by atoms with Crippen molar-refractivity contribution in [3.05, 3.63) is 11.5 Å². The molecule has 0 N–H and O–H groups in total. The maximum absolute atomic E-state index is 12.1. The van der Waals surface area contributed by atoms with E-state index in [2.05, 4.69) is 6.08 Å². The lowest BCUT2D eigenvalue weighted by Crippen LogP contribution is -2.41. The van der Waals surface area contributed by atoms with Crippen LogP contribution in [0.5, 0.6) is 0 Å². The molecule has 0 aromatic heterocycles. The summed E-state index contributed by atoms with van der Waals surface area (Å²) in [4.78, 5) is 12.1. The lowest BCUT2D eigenvalue weighted by atomic mass is 9.69. The first-order valence-electron chi connectivity index (χ1n) is 7.87. The van der Waals surface area contributed by atoms with E-state index < -0.39 is 0 Å². The highest BCUT2D eigenvalue weighted by Crippen LogP contribution is 2.40. The van der Waals surface area contributed by atoms with Gasteiger partial charge in [0.05, 0.1) is 23.2 Å². The van der Waals surface area contributed by atoms with Crippen molar-refractivity contribution in [3.63, 3.8) is 0 Å². The molecule has 1 aliphatic heterocycles. The van der Waals surface area contributed by atoms with Crippen LogP contribution in [0.2, 0.25) is 0 Å². The summed E-state index contributed by atoms with van der Waals surface area (Å²) in [5, 5.41) is 0. The van der Waals surface area contributed by atoms with Crippen LogP contribution in [0.25, 0.3) is 0 Å². The van der Waals surface area contributed by atoms with Gasteiger partial charge in [0.1, 0.15) is 0 Å². The van der Waals surface area contributed by atoms with Crippen LogP contribution < -0.4 is 0 Å². The second-order valence-corrected chi connectivity index (χ2v) is 7.33. The maximum atomic E-state index is 12.1. The number of esters is 1. The highest BCUT2D eigenvalue weighted by atomic mass is 16.7. The fourth-order valence-corrected chi connectivity index (χ4v) is 2.66. The quantitative estimate of drug-likeness (QED) is 0.592. The lowest BCUT2D eigenvalue weighted by Gasteiger charge is -2.32. The van der Waals surface area contributed by atoms with Gasteiger partial charge in [0.15, 0.2) is 0 Å². The zero-order valence-corrected chi connectivity index (χ0v) is 14.1. The van der Waals surface area contributed by atoms with E-state index >= 15 is 0 Å². The SMILES string of the molecule is CC(C)OC(=O)C1CCC=C(B2OC(C)(C)C(C)(C)O2)C1. The molecule has 0 saturated carbocycles. The maximum Gasteiger partial charge on any atom is 0.490 e. The van der Waals surface area contributed by atoms with E-state index in [9.17, 15) is 4.79 Å². The van der Waals surface area contributed by atoms with E-state index in [-0.39, 0.29) is 36.3 Å². The summed E-state index contributed by atoms with van der Waals surface area (Å²) in [6.45, 7) is 11.9. The molecule has 118 valence electrons. The number of rotatable bonds is 3. The average Bonchev–Trinajstić information content (AvgIpc) is 2.58. The predicted octanol–water partition coefficient (Wildman–Crippen LogP) is 3.30. The van der Waals surface area contributed by atoms with E-state index in [1.54, 1.807) is 0 Å². The van der Waals surface area contributed by atoms with Gasteiger partial charge < -0.3 is 14.0 Å². The van der Waals surface area contributed by atoms with Crippen LogP contribution in [0.15, 0.2) is 11.5 Å². The zero-order valence-electron chi connectivity index (χ0n) is 14.1. The summed E-state index contributed by atoms with van der Waals surface area (Å²) in [5.74, 6) is -0.182. The summed E-state index contributed by atoms with van der Waals surface area (Å²) in [6, 6.07) is 0. The van der Waals surface area contributed by atoms with Gasteiger partial charge in [0.2, 0.25) is 0 Å². The zero-order chi connectivity index (χ0) is 15.8. The molecule has 0 spiro atoms. The molecule has 0 amide bonds. The minimum absolute atomic E-state index is 0.0660. The molecule has 2 aliphatic rings. The highest BCUT2D eigenvalue weighted by molar-refractivity contribution is 6.54. The van der Waals surface area contributed by atoms with E-state index in [0.717, 1.165) is 18.3 Å². The normalized spacial score (nSPS) is 27.7. The van der Waals surface area contributed by atoms with Crippen LogP contribution in [0.4, 0.5) is 0 Å². The Morgan fingerprint density at radius 1 is 1.29 bits per heavy atom. The van der Waals surface area contributed by atoms with Gasteiger partial charge in [-0.2, -0.15) is 0 Å². The smallest absolute Gasteiger partial charge is 0.463 e. The third kappa shape index (κ3) is 3.51. The Labute approximate surface area is 128 Å². The summed E-state index contributed by atoms with van der Waals surface area (Å²) in [7, 11) is -0.343. The Balaban J connectivity index is 2.03. The molecule has 4 nitrogen and oxygen atoms in total. The monoisotopic (exact) mass is 294 g/mol. The summed E-state index contributed by atoms with van der Waals surface area (Å²) in [5.41, 5.74) is 0.388. The van der Waals surface area contributed by atoms with Crippen molar-refractivity contribution in [2.45, 2.75) is 78.1 Å². The van der Waals surface area contributed by atoms with Gasteiger partial charge in [-0.3, -0.25) is 4.79 Å². The third-order valence-electron chi connectivity index (χ3n) is 4.64. The summed E-state index contributed by atoms with van der Waals surface area (Å²) >= 11 is 0. The minimum atomic E-state index is -0.343. The van der Waals surface area contributed by atoms with Crippen molar-refractivity contribution in [2.75, 3.05) is 0 Å². The molecule has 1 unspecified atom stereocenters. The van der Waals surface area contributed by atoms with Crippen LogP contribution in [0.1, 0.15) is 60.8 Å². The van der Waals surface area contributed by atoms with Gasteiger partial charge in [-0.15, -0.1) is 0 Å². The Kier molecular flexibility index (Phi) is 4.55. The molecule has 1 atom stereocenters. The van der Waals surface area contributed by atoms with Crippen molar-refractivity contribution in [1.29, 1.82) is 0 Å². The fourth-order valence-electron chi connectivity index (χ4n) is 2.66. The predicted molar refractivity (Wildman–Crippen MR) is 82.7 cm³/mol. The van der Waals surface area contributed by atoms with E-state index in [1.165, 1.54) is 0 Å². The molecule has 0 aromatic carbocycles. The second-order valence-electron chi connectivity index (χ2n) is 7.33. The van der Waals surface area contributed by atoms with Crippen LogP contribution in [-0.4, -0.2) is 30.4 Å². The first-order chi connectivity index (χ1) is 9.62. The molecule has 1 saturated heterocycles. The van der Waals surface area contributed by atoms with Gasteiger partial charge in [-0.05, 0) is 66.3 Å². The Hall–Kier alpha value is -0.805. The molecule has 5 heteroatoms. The summed E-state index contributed by atoms with van der Waals surface area (Å²) < 4.78 is 17.5. The van der Waals surface area contributed by atoms with Crippen molar-refractivity contribution in [2.24, 2.45) is 5.92 Å². The highest BCUT2D eigenvalue weighted by Gasteiger charge is 2.52. The van der Waals surface area contributed by atoms with Gasteiger partial charge in [0, 0.05) is 0 Å². The number of hydrogen-bond donors (Lipinski definition) is 0. The van der Waals surface area contributed by atoms with Crippen molar-refractivity contribution in [1.82, 2.24) is 0 Å². The number of ether oxygens (including phenoxy) is 1. The van der Waals surface area contributed by atoms with E-state index in [0.29, 0.717) is 6.42 Å². The molecule has 1 heterocycles. The average molecular weight is 294 g/mol. The molecule has 2 rings (SSSR count). The first-order valence-corrected chi connectivity index (χ1v) is 7.87. The molecule has 0 aromatic rings. The van der Waals surface area contributed by atoms with Gasteiger partial charge >= 0.3 is 13.1 Å². The molecule has 21 heavy (non-hydrogen) atoms. The van der Waals surface area contributed by atoms with E-state index in [4.69, 9.17) is 14.0 Å². The standard InChI is InChI=1S/C16H27BO4/c1-11(2)19-14(18)12-8-7-9-13(10-12)17-20-15(3,4)16(5,6)21-17/h9,11-12H,7-8,10H2,1-6H3. The fraction of sp³-hybridized carbons (Fsp3) is 0.812. The molecule has 1 aliphatic carbocycles. The third-order valence-corrected chi connectivity index (χ3v) is 4.64. The Morgan fingerprint density at radius 3 is 2.38 bits per heavy atom. The van der Waals surface area contributed by atoms with Crippen molar-refractivity contribution < 1.29 is 18.8 Å². The number of carbonyl (C=O) groups excluding carboxylic acids is 1. The minimum Gasteiger partial charge on any atom is -0.463 e. The van der Waals surface area contributed by atoms with Crippen LogP contribution in [0, 0.1) is 5.92 Å². The first kappa shape index (κ1) is 16.6. The van der Waals surface area contributed by atoms with Gasteiger partial charge in [0.25, 0.3) is 0 Å². The van der Waals surface area contributed by atoms with Crippen molar-refractivity contribution >= 4 is 13.1 Å². The molecular weight excluding hydrogens is 267 g/mol. The molecule has 0 radical (unpaired) electrons. The Bertz CT molecular complexity index is 424. The molecule has 1 fully saturated rings. The van der Waals surface area contributed by atoms with Crippen LogP contribution in [0.3, 0.4) is 0 Å². The van der Waals surface area contributed by atoms with Crippen molar-refractivity contribution in [3.8, 4) is 0 Å². The molecule has 0 bridgehead atoms. The number of allylic oxidation sites excluding steroid dienone is 2. The number of carbonyl (C=O) groups is 1. The summed E-state index contributed by atoms with van der Waals surface area (Å²) in [6.07, 6.45) is 4.47. The van der Waals surface area contributed by atoms with Crippen LogP contribution >= 0.6 is 0 Å². The van der Waals surface area contributed by atoms with Gasteiger partial charge in [-0.25, -0.2) is 0 Å². The second kappa shape index (κ2) is 5.77. The lowest BCUT2D eigenvalue weighted by molar-refractivity contribution is -0.152.